The molecule has 2 aromatic heterocycles. The number of carbonyl (C=O) groups is 1. The number of hydrogen-bond acceptors (Lipinski definition) is 6. The summed E-state index contributed by atoms with van der Waals surface area (Å²) in [5.74, 6) is 1.13. The third-order valence-electron chi connectivity index (χ3n) is 3.27. The summed E-state index contributed by atoms with van der Waals surface area (Å²) in [4.78, 5) is 26.2. The van der Waals surface area contributed by atoms with Crippen LogP contribution in [0, 0.1) is 6.92 Å². The van der Waals surface area contributed by atoms with Gasteiger partial charge >= 0.3 is 0 Å². The number of amides is 1. The van der Waals surface area contributed by atoms with Gasteiger partial charge in [-0.2, -0.15) is 4.98 Å². The topological polar surface area (TPSA) is 75.3 Å². The van der Waals surface area contributed by atoms with Gasteiger partial charge in [0.1, 0.15) is 10.6 Å². The average molecular weight is 277 g/mol. The molecule has 7 heteroatoms. The Kier molecular flexibility index (Phi) is 2.78. The van der Waals surface area contributed by atoms with Gasteiger partial charge in [0.05, 0.1) is 11.9 Å². The van der Waals surface area contributed by atoms with E-state index in [1.54, 1.807) is 16.2 Å². The zero-order valence-corrected chi connectivity index (χ0v) is 11.7. The number of nitrogens with two attached hydrogens (primary N) is 1. The molecule has 2 N–H and O–H groups in total. The summed E-state index contributed by atoms with van der Waals surface area (Å²) in [5.41, 5.74) is 5.77. The first-order chi connectivity index (χ1) is 9.04. The number of nitrogen functional groups attached to an aromatic ring is 1. The van der Waals surface area contributed by atoms with Crippen molar-refractivity contribution in [1.29, 1.82) is 0 Å². The second kappa shape index (κ2) is 4.34. The predicted molar refractivity (Wildman–Crippen MR) is 76.4 cm³/mol. The molecule has 2 aromatic rings. The maximum atomic E-state index is 11.8. The van der Waals surface area contributed by atoms with E-state index in [0.717, 1.165) is 27.5 Å². The van der Waals surface area contributed by atoms with Gasteiger partial charge in [0.15, 0.2) is 0 Å². The van der Waals surface area contributed by atoms with Crippen LogP contribution in [0.15, 0.2) is 6.07 Å². The van der Waals surface area contributed by atoms with Gasteiger partial charge in [0.2, 0.25) is 11.9 Å². The van der Waals surface area contributed by atoms with Crippen molar-refractivity contribution in [2.24, 2.45) is 0 Å². The van der Waals surface area contributed by atoms with Crippen molar-refractivity contribution < 1.29 is 4.79 Å². The van der Waals surface area contributed by atoms with Crippen molar-refractivity contribution in [1.82, 2.24) is 14.9 Å². The monoisotopic (exact) mass is 277 g/mol. The summed E-state index contributed by atoms with van der Waals surface area (Å²) in [6.45, 7) is 3.84. The molecule has 6 nitrogen and oxygen atoms in total. The fourth-order valence-electron chi connectivity index (χ4n) is 2.22. The number of rotatable bonds is 1. The van der Waals surface area contributed by atoms with Crippen LogP contribution < -0.4 is 10.6 Å². The zero-order chi connectivity index (χ0) is 13.6. The number of aromatic nitrogens is 2. The predicted octanol–water partition coefficient (Wildman–Crippen LogP) is 0.860. The van der Waals surface area contributed by atoms with Crippen molar-refractivity contribution in [2.75, 3.05) is 37.3 Å². The smallest absolute Gasteiger partial charge is 0.241 e. The van der Waals surface area contributed by atoms with Crippen LogP contribution in [0.4, 0.5) is 11.8 Å². The number of aryl methyl sites for hydroxylation is 1. The van der Waals surface area contributed by atoms with Gasteiger partial charge < -0.3 is 15.5 Å². The SMILES string of the molecule is Cc1cc2c(N3CCN(C)C(=O)C3)nc(N)nc2s1. The summed E-state index contributed by atoms with van der Waals surface area (Å²) in [6, 6.07) is 2.05. The fourth-order valence-corrected chi connectivity index (χ4v) is 3.10. The maximum Gasteiger partial charge on any atom is 0.241 e. The molecule has 0 bridgehead atoms. The molecule has 100 valence electrons. The minimum Gasteiger partial charge on any atom is -0.368 e. The Balaban J connectivity index is 2.06. The lowest BCUT2D eigenvalue weighted by Gasteiger charge is -2.33. The number of thiophene rings is 1. The molecular formula is C12H15N5OS. The van der Waals surface area contributed by atoms with E-state index in [0.29, 0.717) is 13.1 Å². The Morgan fingerprint density at radius 1 is 1.37 bits per heavy atom. The molecule has 1 amide bonds. The normalized spacial score (nSPS) is 16.4. The van der Waals surface area contributed by atoms with Gasteiger partial charge in [-0.05, 0) is 13.0 Å². The van der Waals surface area contributed by atoms with E-state index in [2.05, 4.69) is 16.0 Å². The lowest BCUT2D eigenvalue weighted by Crippen LogP contribution is -2.48. The molecule has 0 radical (unpaired) electrons. The molecule has 0 spiro atoms. The van der Waals surface area contributed by atoms with Crippen LogP contribution in [0.1, 0.15) is 4.88 Å². The molecule has 1 fully saturated rings. The summed E-state index contributed by atoms with van der Waals surface area (Å²) >= 11 is 1.59. The van der Waals surface area contributed by atoms with Gasteiger partial charge in [-0.15, -0.1) is 11.3 Å². The highest BCUT2D eigenvalue weighted by Gasteiger charge is 2.24. The lowest BCUT2D eigenvalue weighted by molar-refractivity contribution is -0.129. The standard InChI is InChI=1S/C12H15N5OS/c1-7-5-8-10(14-12(13)15-11(8)19-7)17-4-3-16(2)9(18)6-17/h5H,3-4,6H2,1-2H3,(H2,13,14,15). The summed E-state index contributed by atoms with van der Waals surface area (Å²) in [7, 11) is 1.82. The molecular weight excluding hydrogens is 262 g/mol. The van der Waals surface area contributed by atoms with Crippen LogP contribution in [0.25, 0.3) is 10.2 Å². The van der Waals surface area contributed by atoms with Crippen molar-refractivity contribution in [2.45, 2.75) is 6.92 Å². The Labute approximate surface area is 114 Å². The highest BCUT2D eigenvalue weighted by Crippen LogP contribution is 2.31. The van der Waals surface area contributed by atoms with Crippen LogP contribution in [-0.4, -0.2) is 47.5 Å². The fraction of sp³-hybridized carbons (Fsp3) is 0.417. The van der Waals surface area contributed by atoms with Crippen LogP contribution in [-0.2, 0) is 4.79 Å². The number of likely N-dealkylation sites (N-methyl/N-ethyl adjacent to an activating group) is 1. The van der Waals surface area contributed by atoms with E-state index in [4.69, 9.17) is 5.73 Å². The Hall–Kier alpha value is -1.89. The van der Waals surface area contributed by atoms with E-state index in [1.165, 1.54) is 0 Å². The van der Waals surface area contributed by atoms with Crippen LogP contribution in [0.3, 0.4) is 0 Å². The minimum atomic E-state index is 0.100. The Bertz CT molecular complexity index is 653. The van der Waals surface area contributed by atoms with Crippen molar-refractivity contribution >= 4 is 39.2 Å². The van der Waals surface area contributed by atoms with Gasteiger partial charge in [0, 0.05) is 25.0 Å². The van der Waals surface area contributed by atoms with E-state index in [1.807, 2.05) is 18.9 Å². The Morgan fingerprint density at radius 3 is 2.89 bits per heavy atom. The first-order valence-corrected chi connectivity index (χ1v) is 6.89. The molecule has 0 aromatic carbocycles. The molecule has 0 aliphatic carbocycles. The van der Waals surface area contributed by atoms with Gasteiger partial charge in [-0.1, -0.05) is 0 Å². The van der Waals surface area contributed by atoms with Crippen LogP contribution in [0.2, 0.25) is 0 Å². The number of anilines is 2. The second-order valence-electron chi connectivity index (χ2n) is 4.72. The zero-order valence-electron chi connectivity index (χ0n) is 10.9. The summed E-state index contributed by atoms with van der Waals surface area (Å²) in [5, 5.41) is 0.981. The second-order valence-corrected chi connectivity index (χ2v) is 5.95. The minimum absolute atomic E-state index is 0.100. The maximum absolute atomic E-state index is 11.8. The molecule has 1 aliphatic rings. The average Bonchev–Trinajstić information content (AvgIpc) is 2.72. The lowest BCUT2D eigenvalue weighted by atomic mass is 10.2. The van der Waals surface area contributed by atoms with Gasteiger partial charge in [-0.25, -0.2) is 4.98 Å². The third kappa shape index (κ3) is 2.10. The van der Waals surface area contributed by atoms with Crippen molar-refractivity contribution in [3.8, 4) is 0 Å². The molecule has 0 unspecified atom stereocenters. The summed E-state index contributed by atoms with van der Waals surface area (Å²) < 4.78 is 0. The number of nitrogens with zero attached hydrogens (tertiary/aromatic N) is 4. The first-order valence-electron chi connectivity index (χ1n) is 6.07. The molecule has 1 saturated heterocycles. The highest BCUT2D eigenvalue weighted by atomic mass is 32.1. The van der Waals surface area contributed by atoms with E-state index in [9.17, 15) is 4.79 Å². The molecule has 3 rings (SSSR count). The van der Waals surface area contributed by atoms with Crippen LogP contribution >= 0.6 is 11.3 Å². The quantitative estimate of drug-likeness (QED) is 0.836. The largest absolute Gasteiger partial charge is 0.368 e. The number of hydrogen-bond donors (Lipinski definition) is 1. The molecule has 3 heterocycles. The number of carbonyl (C=O) groups excluding carboxylic acids is 1. The van der Waals surface area contributed by atoms with Crippen molar-refractivity contribution in [3.05, 3.63) is 10.9 Å². The van der Waals surface area contributed by atoms with E-state index in [-0.39, 0.29) is 11.9 Å². The summed E-state index contributed by atoms with van der Waals surface area (Å²) in [6.07, 6.45) is 0. The molecule has 19 heavy (non-hydrogen) atoms. The molecule has 1 aliphatic heterocycles. The van der Waals surface area contributed by atoms with Crippen LogP contribution in [0.5, 0.6) is 0 Å². The number of fused-ring (bicyclic) bond motifs is 1. The third-order valence-corrected chi connectivity index (χ3v) is 4.21. The van der Waals surface area contributed by atoms with Gasteiger partial charge in [-0.3, -0.25) is 4.79 Å². The van der Waals surface area contributed by atoms with Crippen molar-refractivity contribution in [3.63, 3.8) is 0 Å². The molecule has 0 saturated carbocycles. The number of piperazine rings is 1. The first kappa shape index (κ1) is 12.2. The van der Waals surface area contributed by atoms with E-state index >= 15 is 0 Å². The van der Waals surface area contributed by atoms with E-state index < -0.39 is 0 Å². The Morgan fingerprint density at radius 2 is 2.16 bits per heavy atom. The molecule has 0 atom stereocenters. The highest BCUT2D eigenvalue weighted by molar-refractivity contribution is 7.18. The van der Waals surface area contributed by atoms with Gasteiger partial charge in [0.25, 0.3) is 0 Å².